The maximum Gasteiger partial charge on any atom is 0.239 e. The lowest BCUT2D eigenvalue weighted by molar-refractivity contribution is -0.130. The Morgan fingerprint density at radius 1 is 1.23 bits per heavy atom. The van der Waals surface area contributed by atoms with Gasteiger partial charge in [0, 0.05) is 38.3 Å². The Labute approximate surface area is 132 Å². The van der Waals surface area contributed by atoms with Crippen molar-refractivity contribution >= 4 is 17.5 Å². The number of para-hydroxylation sites is 1. The fourth-order valence-electron chi connectivity index (χ4n) is 2.81. The third-order valence-corrected chi connectivity index (χ3v) is 4.14. The standard InChI is InChI=1S/C17H25N3O2/c1-3-19(16-7-5-4-6-8-16)13-17(22)18-15-9-11-20(12-10-15)14(2)21/h4-8,15H,3,9-13H2,1-2H3,(H,18,22). The summed E-state index contributed by atoms with van der Waals surface area (Å²) < 4.78 is 0. The number of piperidine rings is 1. The lowest BCUT2D eigenvalue weighted by atomic mass is 10.1. The van der Waals surface area contributed by atoms with Crippen molar-refractivity contribution in [3.8, 4) is 0 Å². The van der Waals surface area contributed by atoms with Crippen LogP contribution in [0.4, 0.5) is 5.69 Å². The molecule has 5 heteroatoms. The number of nitrogens with zero attached hydrogens (tertiary/aromatic N) is 2. The van der Waals surface area contributed by atoms with Crippen LogP contribution < -0.4 is 10.2 Å². The highest BCUT2D eigenvalue weighted by molar-refractivity contribution is 5.81. The Kier molecular flexibility index (Phi) is 5.81. The summed E-state index contributed by atoms with van der Waals surface area (Å²) in [6, 6.07) is 10.1. The molecule has 2 rings (SSSR count). The Morgan fingerprint density at radius 2 is 1.86 bits per heavy atom. The first kappa shape index (κ1) is 16.3. The van der Waals surface area contributed by atoms with Crippen molar-refractivity contribution in [3.63, 3.8) is 0 Å². The number of rotatable bonds is 5. The smallest absolute Gasteiger partial charge is 0.239 e. The van der Waals surface area contributed by atoms with Crippen LogP contribution in [0.3, 0.4) is 0 Å². The zero-order valence-electron chi connectivity index (χ0n) is 13.4. The molecule has 1 aliphatic heterocycles. The van der Waals surface area contributed by atoms with Crippen molar-refractivity contribution in [3.05, 3.63) is 30.3 Å². The summed E-state index contributed by atoms with van der Waals surface area (Å²) in [5.41, 5.74) is 1.06. The van der Waals surface area contributed by atoms with Crippen LogP contribution in [0.25, 0.3) is 0 Å². The third-order valence-electron chi connectivity index (χ3n) is 4.14. The summed E-state index contributed by atoms with van der Waals surface area (Å²) >= 11 is 0. The summed E-state index contributed by atoms with van der Waals surface area (Å²) in [4.78, 5) is 27.4. The predicted molar refractivity (Wildman–Crippen MR) is 87.7 cm³/mol. The maximum absolute atomic E-state index is 12.2. The van der Waals surface area contributed by atoms with E-state index < -0.39 is 0 Å². The van der Waals surface area contributed by atoms with E-state index >= 15 is 0 Å². The van der Waals surface area contributed by atoms with Gasteiger partial charge in [0.25, 0.3) is 0 Å². The lowest BCUT2D eigenvalue weighted by Crippen LogP contribution is -2.48. The fourth-order valence-corrected chi connectivity index (χ4v) is 2.81. The number of likely N-dealkylation sites (tertiary alicyclic amines) is 1. The topological polar surface area (TPSA) is 52.7 Å². The molecular weight excluding hydrogens is 278 g/mol. The van der Waals surface area contributed by atoms with Crippen LogP contribution in [0, 0.1) is 0 Å². The molecule has 0 aromatic heterocycles. The minimum absolute atomic E-state index is 0.0481. The number of hydrogen-bond acceptors (Lipinski definition) is 3. The SMILES string of the molecule is CCN(CC(=O)NC1CCN(C(C)=O)CC1)c1ccccc1. The van der Waals surface area contributed by atoms with E-state index in [-0.39, 0.29) is 17.9 Å². The van der Waals surface area contributed by atoms with Crippen LogP contribution in [0.15, 0.2) is 30.3 Å². The van der Waals surface area contributed by atoms with E-state index in [4.69, 9.17) is 0 Å². The molecule has 0 aliphatic carbocycles. The quantitative estimate of drug-likeness (QED) is 0.900. The number of anilines is 1. The predicted octanol–water partition coefficient (Wildman–Crippen LogP) is 1.64. The van der Waals surface area contributed by atoms with Gasteiger partial charge in [-0.05, 0) is 31.9 Å². The molecule has 0 atom stereocenters. The summed E-state index contributed by atoms with van der Waals surface area (Å²) in [5.74, 6) is 0.165. The van der Waals surface area contributed by atoms with Crippen LogP contribution in [-0.2, 0) is 9.59 Å². The molecule has 2 amide bonds. The number of amides is 2. The van der Waals surface area contributed by atoms with Gasteiger partial charge in [0.1, 0.15) is 0 Å². The van der Waals surface area contributed by atoms with E-state index in [1.54, 1.807) is 6.92 Å². The Morgan fingerprint density at radius 3 is 2.41 bits per heavy atom. The van der Waals surface area contributed by atoms with Gasteiger partial charge in [0.15, 0.2) is 0 Å². The monoisotopic (exact) mass is 303 g/mol. The van der Waals surface area contributed by atoms with E-state index in [0.717, 1.165) is 38.2 Å². The second kappa shape index (κ2) is 7.82. The maximum atomic E-state index is 12.2. The minimum Gasteiger partial charge on any atom is -0.363 e. The molecule has 0 bridgehead atoms. The molecule has 1 saturated heterocycles. The Balaban J connectivity index is 1.81. The molecule has 1 fully saturated rings. The number of carbonyl (C=O) groups excluding carboxylic acids is 2. The van der Waals surface area contributed by atoms with E-state index in [1.165, 1.54) is 0 Å². The minimum atomic E-state index is 0.0481. The molecule has 1 aliphatic rings. The highest BCUT2D eigenvalue weighted by Crippen LogP contribution is 2.13. The summed E-state index contributed by atoms with van der Waals surface area (Å²) in [6.07, 6.45) is 1.67. The first-order valence-electron chi connectivity index (χ1n) is 7.95. The molecule has 0 unspecified atom stereocenters. The number of hydrogen-bond donors (Lipinski definition) is 1. The summed E-state index contributed by atoms with van der Waals surface area (Å²) in [6.45, 7) is 6.27. The molecule has 1 aromatic carbocycles. The van der Waals surface area contributed by atoms with Crippen molar-refractivity contribution in [1.82, 2.24) is 10.2 Å². The molecular formula is C17H25N3O2. The zero-order chi connectivity index (χ0) is 15.9. The number of benzene rings is 1. The molecule has 5 nitrogen and oxygen atoms in total. The van der Waals surface area contributed by atoms with Crippen LogP contribution in [-0.4, -0.2) is 48.9 Å². The van der Waals surface area contributed by atoms with E-state index in [2.05, 4.69) is 10.2 Å². The average Bonchev–Trinajstić information content (AvgIpc) is 2.54. The van der Waals surface area contributed by atoms with Crippen molar-refractivity contribution in [2.24, 2.45) is 0 Å². The summed E-state index contributed by atoms with van der Waals surface area (Å²) in [5, 5.41) is 3.09. The molecule has 0 spiro atoms. The number of nitrogens with one attached hydrogen (secondary N) is 1. The van der Waals surface area contributed by atoms with E-state index in [0.29, 0.717) is 6.54 Å². The normalized spacial score (nSPS) is 15.5. The summed E-state index contributed by atoms with van der Waals surface area (Å²) in [7, 11) is 0. The zero-order valence-corrected chi connectivity index (χ0v) is 13.4. The van der Waals surface area contributed by atoms with Crippen molar-refractivity contribution in [2.75, 3.05) is 31.1 Å². The second-order valence-corrected chi connectivity index (χ2v) is 5.70. The first-order chi connectivity index (χ1) is 10.6. The average molecular weight is 303 g/mol. The molecule has 1 aromatic rings. The van der Waals surface area contributed by atoms with E-state index in [9.17, 15) is 9.59 Å². The van der Waals surface area contributed by atoms with Gasteiger partial charge >= 0.3 is 0 Å². The molecule has 1 N–H and O–H groups in total. The van der Waals surface area contributed by atoms with Crippen LogP contribution in [0.5, 0.6) is 0 Å². The highest BCUT2D eigenvalue weighted by atomic mass is 16.2. The Bertz CT molecular complexity index is 496. The molecule has 22 heavy (non-hydrogen) atoms. The number of carbonyl (C=O) groups is 2. The molecule has 120 valence electrons. The highest BCUT2D eigenvalue weighted by Gasteiger charge is 2.22. The molecule has 0 radical (unpaired) electrons. The van der Waals surface area contributed by atoms with Crippen molar-refractivity contribution < 1.29 is 9.59 Å². The Hall–Kier alpha value is -2.04. The van der Waals surface area contributed by atoms with Crippen LogP contribution in [0.2, 0.25) is 0 Å². The molecule has 1 heterocycles. The van der Waals surface area contributed by atoms with Crippen molar-refractivity contribution in [2.45, 2.75) is 32.7 Å². The third kappa shape index (κ3) is 4.48. The first-order valence-corrected chi connectivity index (χ1v) is 7.95. The lowest BCUT2D eigenvalue weighted by Gasteiger charge is -2.32. The van der Waals surface area contributed by atoms with Crippen LogP contribution in [0.1, 0.15) is 26.7 Å². The number of likely N-dealkylation sites (N-methyl/N-ethyl adjacent to an activating group) is 1. The van der Waals surface area contributed by atoms with Gasteiger partial charge in [0.2, 0.25) is 11.8 Å². The van der Waals surface area contributed by atoms with Gasteiger partial charge in [-0.15, -0.1) is 0 Å². The van der Waals surface area contributed by atoms with Gasteiger partial charge < -0.3 is 15.1 Å². The van der Waals surface area contributed by atoms with Gasteiger partial charge in [-0.2, -0.15) is 0 Å². The van der Waals surface area contributed by atoms with Gasteiger partial charge in [-0.1, -0.05) is 18.2 Å². The van der Waals surface area contributed by atoms with Crippen molar-refractivity contribution in [1.29, 1.82) is 0 Å². The van der Waals surface area contributed by atoms with Gasteiger partial charge in [0.05, 0.1) is 6.54 Å². The fraction of sp³-hybridized carbons (Fsp3) is 0.529. The second-order valence-electron chi connectivity index (χ2n) is 5.70. The largest absolute Gasteiger partial charge is 0.363 e. The van der Waals surface area contributed by atoms with Gasteiger partial charge in [-0.3, -0.25) is 9.59 Å². The van der Waals surface area contributed by atoms with Gasteiger partial charge in [-0.25, -0.2) is 0 Å². The van der Waals surface area contributed by atoms with Crippen LogP contribution >= 0.6 is 0 Å². The van der Waals surface area contributed by atoms with E-state index in [1.807, 2.05) is 42.2 Å². The molecule has 0 saturated carbocycles.